The van der Waals surface area contributed by atoms with E-state index in [1.165, 1.54) is 0 Å². The largest absolute Gasteiger partial charge is 0.462 e. The highest BCUT2D eigenvalue weighted by molar-refractivity contribution is 5.89. The molecule has 1 N–H and O–H groups in total. The minimum absolute atomic E-state index is 0.134. The van der Waals surface area contributed by atoms with Crippen molar-refractivity contribution >= 4 is 5.97 Å². The maximum absolute atomic E-state index is 12.0. The average Bonchev–Trinajstić information content (AvgIpc) is 2.38. The minimum Gasteiger partial charge on any atom is -0.462 e. The van der Waals surface area contributed by atoms with Crippen LogP contribution < -0.4 is 0 Å². The molecule has 0 aromatic heterocycles. The highest BCUT2D eigenvalue weighted by atomic mass is 16.5. The molecular formula is C18H24O3. The van der Waals surface area contributed by atoms with Crippen LogP contribution in [0.25, 0.3) is 0 Å². The van der Waals surface area contributed by atoms with Gasteiger partial charge in [-0.1, -0.05) is 50.6 Å². The van der Waals surface area contributed by atoms with Gasteiger partial charge >= 0.3 is 5.97 Å². The van der Waals surface area contributed by atoms with Crippen LogP contribution in [0.1, 0.15) is 44.9 Å². The summed E-state index contributed by atoms with van der Waals surface area (Å²) in [6.07, 6.45) is 0.736. The monoisotopic (exact) mass is 288 g/mol. The molecule has 114 valence electrons. The second-order valence-corrected chi connectivity index (χ2v) is 6.10. The summed E-state index contributed by atoms with van der Waals surface area (Å²) in [6.45, 7) is 9.97. The zero-order valence-electron chi connectivity index (χ0n) is 13.4. The molecule has 0 amide bonds. The van der Waals surface area contributed by atoms with Gasteiger partial charge in [0.2, 0.25) is 0 Å². The summed E-state index contributed by atoms with van der Waals surface area (Å²) in [7, 11) is 0. The summed E-state index contributed by atoms with van der Waals surface area (Å²) in [6, 6.07) is 7.40. The number of carbonyl (C=O) groups is 1. The third-order valence-electron chi connectivity index (χ3n) is 2.82. The second-order valence-electron chi connectivity index (χ2n) is 6.10. The van der Waals surface area contributed by atoms with Crippen molar-refractivity contribution < 1.29 is 14.6 Å². The van der Waals surface area contributed by atoms with E-state index < -0.39 is 12.1 Å². The number of ether oxygens (including phenoxy) is 1. The lowest BCUT2D eigenvalue weighted by Crippen LogP contribution is -2.14. The molecule has 1 unspecified atom stereocenters. The van der Waals surface area contributed by atoms with Crippen LogP contribution in [0.2, 0.25) is 0 Å². The molecule has 1 aromatic carbocycles. The van der Waals surface area contributed by atoms with E-state index in [2.05, 4.69) is 5.73 Å². The lowest BCUT2D eigenvalue weighted by Gasteiger charge is -2.14. The molecule has 3 nitrogen and oxygen atoms in total. The number of aliphatic hydroxyl groups excluding tert-OH is 1. The number of benzene rings is 1. The van der Waals surface area contributed by atoms with E-state index in [-0.39, 0.29) is 17.6 Å². The predicted octanol–water partition coefficient (Wildman–Crippen LogP) is 3.72. The molecule has 0 saturated carbocycles. The molecule has 0 bridgehead atoms. The lowest BCUT2D eigenvalue weighted by atomic mass is 9.95. The minimum atomic E-state index is -1.04. The average molecular weight is 288 g/mol. The molecule has 0 fully saturated rings. The molecule has 0 heterocycles. The number of hydrogen-bond donors (Lipinski definition) is 1. The number of carbonyl (C=O) groups excluding carboxylic acids is 1. The predicted molar refractivity (Wildman–Crippen MR) is 83.8 cm³/mol. The molecule has 21 heavy (non-hydrogen) atoms. The second kappa shape index (κ2) is 7.26. The Balaban J connectivity index is 3.20. The fourth-order valence-electron chi connectivity index (χ4n) is 1.67. The summed E-state index contributed by atoms with van der Waals surface area (Å²) >= 11 is 0. The third kappa shape index (κ3) is 5.58. The lowest BCUT2D eigenvalue weighted by molar-refractivity contribution is -0.139. The quantitative estimate of drug-likeness (QED) is 0.522. The van der Waals surface area contributed by atoms with E-state index in [1.54, 1.807) is 25.1 Å². The zero-order chi connectivity index (χ0) is 16.0. The first-order valence-corrected chi connectivity index (χ1v) is 7.14. The molecule has 0 saturated heterocycles. The van der Waals surface area contributed by atoms with Gasteiger partial charge in [-0.25, -0.2) is 4.79 Å². The Hall–Kier alpha value is -1.83. The smallest absolute Gasteiger partial charge is 0.344 e. The normalized spacial score (nSPS) is 12.3. The summed E-state index contributed by atoms with van der Waals surface area (Å²) < 4.78 is 5.02. The van der Waals surface area contributed by atoms with Gasteiger partial charge in [0.15, 0.2) is 0 Å². The molecule has 3 heteroatoms. The van der Waals surface area contributed by atoms with Gasteiger partial charge in [0.25, 0.3) is 0 Å². The van der Waals surface area contributed by atoms with Crippen LogP contribution in [0.15, 0.2) is 41.6 Å². The topological polar surface area (TPSA) is 46.5 Å². The number of hydrogen-bond acceptors (Lipinski definition) is 3. The van der Waals surface area contributed by atoms with Crippen molar-refractivity contribution in [1.29, 1.82) is 0 Å². The van der Waals surface area contributed by atoms with Crippen LogP contribution in [-0.2, 0) is 9.53 Å². The third-order valence-corrected chi connectivity index (χ3v) is 2.82. The van der Waals surface area contributed by atoms with Crippen molar-refractivity contribution in [1.82, 2.24) is 0 Å². The van der Waals surface area contributed by atoms with Gasteiger partial charge in [-0.3, -0.25) is 0 Å². The molecule has 0 aliphatic carbocycles. The van der Waals surface area contributed by atoms with E-state index in [0.717, 1.165) is 5.56 Å². The van der Waals surface area contributed by atoms with E-state index in [0.29, 0.717) is 5.56 Å². The van der Waals surface area contributed by atoms with Crippen molar-refractivity contribution in [3.05, 3.63) is 52.8 Å². The molecule has 0 aliphatic rings. The van der Waals surface area contributed by atoms with Gasteiger partial charge < -0.3 is 9.84 Å². The molecule has 1 rings (SSSR count). The Kier molecular flexibility index (Phi) is 5.95. The van der Waals surface area contributed by atoms with Gasteiger partial charge in [0.05, 0.1) is 6.61 Å². The van der Waals surface area contributed by atoms with Crippen molar-refractivity contribution in [3.63, 3.8) is 0 Å². The van der Waals surface area contributed by atoms with Crippen LogP contribution in [0.4, 0.5) is 0 Å². The zero-order valence-corrected chi connectivity index (χ0v) is 13.4. The SMILES string of the molecule is CCOC(=O)C(=C=CC(C)(C)C)C(O)c1ccc(C)cc1. The van der Waals surface area contributed by atoms with Gasteiger partial charge in [-0.05, 0) is 30.9 Å². The van der Waals surface area contributed by atoms with E-state index >= 15 is 0 Å². The van der Waals surface area contributed by atoms with Gasteiger partial charge in [0.1, 0.15) is 11.7 Å². The van der Waals surface area contributed by atoms with Crippen LogP contribution in [0.5, 0.6) is 0 Å². The molecule has 0 spiro atoms. The Morgan fingerprint density at radius 2 is 1.90 bits per heavy atom. The van der Waals surface area contributed by atoms with E-state index in [9.17, 15) is 9.90 Å². The van der Waals surface area contributed by atoms with Crippen molar-refractivity contribution in [3.8, 4) is 0 Å². The first-order chi connectivity index (χ1) is 9.74. The Morgan fingerprint density at radius 3 is 2.38 bits per heavy atom. The van der Waals surface area contributed by atoms with Crippen molar-refractivity contribution in [2.45, 2.75) is 40.7 Å². The summed E-state index contributed by atoms with van der Waals surface area (Å²) in [5.41, 5.74) is 4.67. The summed E-state index contributed by atoms with van der Waals surface area (Å²) in [5.74, 6) is -0.536. The molecule has 1 aromatic rings. The maximum Gasteiger partial charge on any atom is 0.344 e. The fourth-order valence-corrected chi connectivity index (χ4v) is 1.67. The number of esters is 1. The molecule has 0 aliphatic heterocycles. The first-order valence-electron chi connectivity index (χ1n) is 7.14. The highest BCUT2D eigenvalue weighted by Gasteiger charge is 2.21. The van der Waals surface area contributed by atoms with E-state index in [1.807, 2.05) is 39.8 Å². The molecule has 1 atom stereocenters. The highest BCUT2D eigenvalue weighted by Crippen LogP contribution is 2.23. The Labute approximate surface area is 127 Å². The molecular weight excluding hydrogens is 264 g/mol. The van der Waals surface area contributed by atoms with Crippen LogP contribution in [-0.4, -0.2) is 17.7 Å². The van der Waals surface area contributed by atoms with Crippen LogP contribution in [0, 0.1) is 12.3 Å². The van der Waals surface area contributed by atoms with Crippen LogP contribution >= 0.6 is 0 Å². The van der Waals surface area contributed by atoms with E-state index in [4.69, 9.17) is 4.74 Å². The first kappa shape index (κ1) is 17.2. The maximum atomic E-state index is 12.0. The number of rotatable bonds is 4. The van der Waals surface area contributed by atoms with Gasteiger partial charge in [-0.2, -0.15) is 0 Å². The molecule has 0 radical (unpaired) electrons. The van der Waals surface area contributed by atoms with Crippen molar-refractivity contribution in [2.24, 2.45) is 5.41 Å². The fraction of sp³-hybridized carbons (Fsp3) is 0.444. The number of aliphatic hydroxyl groups is 1. The van der Waals surface area contributed by atoms with Crippen LogP contribution in [0.3, 0.4) is 0 Å². The number of aryl methyl sites for hydroxylation is 1. The van der Waals surface area contributed by atoms with Gasteiger partial charge in [0, 0.05) is 0 Å². The Bertz CT molecular complexity index is 541. The Morgan fingerprint density at radius 1 is 1.33 bits per heavy atom. The standard InChI is InChI=1S/C18H24O3/c1-6-21-17(20)15(11-12-18(3,4)5)16(19)14-9-7-13(2)8-10-14/h7-10,12,16,19H,6H2,1-5H3. The van der Waals surface area contributed by atoms with Gasteiger partial charge in [-0.15, -0.1) is 5.73 Å². The summed E-state index contributed by atoms with van der Waals surface area (Å²) in [5, 5.41) is 10.4. The van der Waals surface area contributed by atoms with Crippen molar-refractivity contribution in [2.75, 3.05) is 6.61 Å². The summed E-state index contributed by atoms with van der Waals surface area (Å²) in [4.78, 5) is 12.0.